The minimum atomic E-state index is -0.605. The molecule has 2 aliphatic rings. The molecule has 0 spiro atoms. The van der Waals surface area contributed by atoms with E-state index >= 15 is 0 Å². The van der Waals surface area contributed by atoms with Gasteiger partial charge < -0.3 is 15.4 Å². The smallest absolute Gasteiger partial charge is 0.329 e. The SMILES string of the molecule is CC(C)(C)OC(=O)[C@@H]1[C@H]2CCC[C@H]2CN1C(=O)C(N)C(C)(C)C. The van der Waals surface area contributed by atoms with Gasteiger partial charge in [0.25, 0.3) is 0 Å². The van der Waals surface area contributed by atoms with Gasteiger partial charge in [-0.3, -0.25) is 4.79 Å². The third-order valence-electron chi connectivity index (χ3n) is 5.02. The van der Waals surface area contributed by atoms with Gasteiger partial charge in [-0.2, -0.15) is 0 Å². The number of hydrogen-bond acceptors (Lipinski definition) is 4. The highest BCUT2D eigenvalue weighted by molar-refractivity contribution is 5.89. The third-order valence-corrected chi connectivity index (χ3v) is 5.02. The number of carbonyl (C=O) groups is 2. The zero-order valence-corrected chi connectivity index (χ0v) is 15.4. The highest BCUT2D eigenvalue weighted by Crippen LogP contribution is 2.43. The Morgan fingerprint density at radius 2 is 1.74 bits per heavy atom. The summed E-state index contributed by atoms with van der Waals surface area (Å²) in [5, 5.41) is 0. The molecule has 0 aromatic carbocycles. The second-order valence-electron chi connectivity index (χ2n) is 9.17. The van der Waals surface area contributed by atoms with Gasteiger partial charge in [0.1, 0.15) is 11.6 Å². The summed E-state index contributed by atoms with van der Waals surface area (Å²) >= 11 is 0. The number of amides is 1. The Morgan fingerprint density at radius 3 is 2.26 bits per heavy atom. The van der Waals surface area contributed by atoms with E-state index in [1.165, 1.54) is 0 Å². The standard InChI is InChI=1S/C18H32N2O3/c1-17(2,3)14(19)15(21)20-10-11-8-7-9-12(11)13(20)16(22)23-18(4,5)6/h11-14H,7-10,19H2,1-6H3/t11-,12-,13-,14?/m0/s1. The lowest BCUT2D eigenvalue weighted by molar-refractivity contribution is -0.165. The first-order valence-electron chi connectivity index (χ1n) is 8.71. The maximum Gasteiger partial charge on any atom is 0.329 e. The Hall–Kier alpha value is -1.10. The third kappa shape index (κ3) is 3.87. The number of fused-ring (bicyclic) bond motifs is 1. The molecule has 0 aromatic rings. The van der Waals surface area contributed by atoms with Crippen LogP contribution >= 0.6 is 0 Å². The molecule has 0 bridgehead atoms. The van der Waals surface area contributed by atoms with E-state index in [2.05, 4.69) is 0 Å². The maximum atomic E-state index is 12.9. The van der Waals surface area contributed by atoms with Gasteiger partial charge in [0.15, 0.2) is 0 Å². The van der Waals surface area contributed by atoms with E-state index in [-0.39, 0.29) is 23.2 Å². The molecular weight excluding hydrogens is 292 g/mol. The van der Waals surface area contributed by atoms with Gasteiger partial charge in [-0.05, 0) is 50.9 Å². The molecule has 2 rings (SSSR count). The summed E-state index contributed by atoms with van der Waals surface area (Å²) in [7, 11) is 0. The minimum Gasteiger partial charge on any atom is -0.458 e. The second kappa shape index (κ2) is 6.08. The van der Waals surface area contributed by atoms with E-state index in [1.807, 2.05) is 41.5 Å². The van der Waals surface area contributed by atoms with E-state index in [0.29, 0.717) is 12.5 Å². The molecule has 23 heavy (non-hydrogen) atoms. The van der Waals surface area contributed by atoms with Gasteiger partial charge >= 0.3 is 5.97 Å². The number of esters is 1. The van der Waals surface area contributed by atoms with Crippen molar-refractivity contribution in [3.8, 4) is 0 Å². The van der Waals surface area contributed by atoms with Crippen molar-refractivity contribution in [3.63, 3.8) is 0 Å². The Labute approximate surface area is 139 Å². The van der Waals surface area contributed by atoms with E-state index in [4.69, 9.17) is 10.5 Å². The summed E-state index contributed by atoms with van der Waals surface area (Å²) in [5.74, 6) is 0.230. The van der Waals surface area contributed by atoms with Crippen molar-refractivity contribution in [1.29, 1.82) is 0 Å². The van der Waals surface area contributed by atoms with Crippen LogP contribution in [0, 0.1) is 17.3 Å². The molecule has 5 nitrogen and oxygen atoms in total. The van der Waals surface area contributed by atoms with Crippen LogP contribution in [-0.4, -0.2) is 41.0 Å². The Kier molecular flexibility index (Phi) is 4.82. The average Bonchev–Trinajstić information content (AvgIpc) is 2.92. The predicted octanol–water partition coefficient (Wildman–Crippen LogP) is 2.33. The van der Waals surface area contributed by atoms with Gasteiger partial charge in [-0.25, -0.2) is 4.79 Å². The zero-order chi connectivity index (χ0) is 17.6. The number of likely N-dealkylation sites (tertiary alicyclic amines) is 1. The van der Waals surface area contributed by atoms with Crippen molar-refractivity contribution >= 4 is 11.9 Å². The Bertz CT molecular complexity index is 476. The highest BCUT2D eigenvalue weighted by atomic mass is 16.6. The highest BCUT2D eigenvalue weighted by Gasteiger charge is 2.52. The fraction of sp³-hybridized carbons (Fsp3) is 0.889. The fourth-order valence-corrected chi connectivity index (χ4v) is 3.75. The second-order valence-corrected chi connectivity index (χ2v) is 9.17. The van der Waals surface area contributed by atoms with Crippen molar-refractivity contribution in [2.45, 2.75) is 78.5 Å². The van der Waals surface area contributed by atoms with Crippen molar-refractivity contribution in [3.05, 3.63) is 0 Å². The van der Waals surface area contributed by atoms with E-state index in [0.717, 1.165) is 19.3 Å². The summed E-state index contributed by atoms with van der Waals surface area (Å²) in [5.41, 5.74) is 5.30. The molecule has 0 radical (unpaired) electrons. The van der Waals surface area contributed by atoms with Gasteiger partial charge in [0, 0.05) is 6.54 Å². The summed E-state index contributed by atoms with van der Waals surface area (Å²) in [6.07, 6.45) is 3.20. The number of rotatable bonds is 2. The zero-order valence-electron chi connectivity index (χ0n) is 15.4. The minimum absolute atomic E-state index is 0.122. The normalized spacial score (nSPS) is 29.3. The first-order chi connectivity index (χ1) is 10.4. The van der Waals surface area contributed by atoms with Crippen LogP contribution in [0.2, 0.25) is 0 Å². The molecule has 1 heterocycles. The number of ether oxygens (including phenoxy) is 1. The molecule has 1 saturated heterocycles. The number of nitrogens with zero attached hydrogens (tertiary/aromatic N) is 1. The van der Waals surface area contributed by atoms with Crippen LogP contribution in [0.15, 0.2) is 0 Å². The lowest BCUT2D eigenvalue weighted by atomic mass is 9.86. The van der Waals surface area contributed by atoms with Crippen LogP contribution in [0.1, 0.15) is 60.8 Å². The largest absolute Gasteiger partial charge is 0.458 e. The summed E-state index contributed by atoms with van der Waals surface area (Å²) < 4.78 is 5.60. The lowest BCUT2D eigenvalue weighted by Gasteiger charge is -2.34. The molecule has 1 unspecified atom stereocenters. The molecule has 5 heteroatoms. The Morgan fingerprint density at radius 1 is 1.13 bits per heavy atom. The quantitative estimate of drug-likeness (QED) is 0.791. The molecule has 0 aromatic heterocycles. The number of nitrogens with two attached hydrogens (primary N) is 1. The predicted molar refractivity (Wildman–Crippen MR) is 89.6 cm³/mol. The van der Waals surface area contributed by atoms with Crippen molar-refractivity contribution < 1.29 is 14.3 Å². The van der Waals surface area contributed by atoms with E-state index < -0.39 is 17.7 Å². The molecule has 1 aliphatic heterocycles. The average molecular weight is 324 g/mol. The molecule has 4 atom stereocenters. The van der Waals surface area contributed by atoms with Crippen molar-refractivity contribution in [2.24, 2.45) is 23.0 Å². The summed E-state index contributed by atoms with van der Waals surface area (Å²) in [6.45, 7) is 12.1. The van der Waals surface area contributed by atoms with Gasteiger partial charge in [0.05, 0.1) is 6.04 Å². The lowest BCUT2D eigenvalue weighted by Crippen LogP contribution is -2.55. The van der Waals surface area contributed by atoms with Crippen LogP contribution in [0.4, 0.5) is 0 Å². The maximum absolute atomic E-state index is 12.9. The topological polar surface area (TPSA) is 72.6 Å². The van der Waals surface area contributed by atoms with Crippen LogP contribution in [0.3, 0.4) is 0 Å². The Balaban J connectivity index is 2.23. The molecule has 1 amide bonds. The fourth-order valence-electron chi connectivity index (χ4n) is 3.75. The summed E-state index contributed by atoms with van der Waals surface area (Å²) in [6, 6.07) is -1.08. The van der Waals surface area contributed by atoms with Gasteiger partial charge in [0.2, 0.25) is 5.91 Å². The van der Waals surface area contributed by atoms with Crippen LogP contribution in [0.25, 0.3) is 0 Å². The van der Waals surface area contributed by atoms with Crippen LogP contribution in [-0.2, 0) is 14.3 Å². The molecule has 2 N–H and O–H groups in total. The molecule has 2 fully saturated rings. The van der Waals surface area contributed by atoms with Crippen LogP contribution < -0.4 is 5.73 Å². The van der Waals surface area contributed by atoms with Gasteiger partial charge in [-0.15, -0.1) is 0 Å². The van der Waals surface area contributed by atoms with E-state index in [9.17, 15) is 9.59 Å². The summed E-state index contributed by atoms with van der Waals surface area (Å²) in [4.78, 5) is 27.3. The first kappa shape index (κ1) is 18.2. The molecular formula is C18H32N2O3. The van der Waals surface area contributed by atoms with Crippen LogP contribution in [0.5, 0.6) is 0 Å². The number of hydrogen-bond donors (Lipinski definition) is 1. The molecule has 1 saturated carbocycles. The van der Waals surface area contributed by atoms with Gasteiger partial charge in [-0.1, -0.05) is 27.2 Å². The molecule has 132 valence electrons. The van der Waals surface area contributed by atoms with Crippen molar-refractivity contribution in [1.82, 2.24) is 4.90 Å². The molecule has 1 aliphatic carbocycles. The van der Waals surface area contributed by atoms with Crippen molar-refractivity contribution in [2.75, 3.05) is 6.54 Å². The van der Waals surface area contributed by atoms with E-state index in [1.54, 1.807) is 4.90 Å². The number of carbonyl (C=O) groups excluding carboxylic acids is 2. The first-order valence-corrected chi connectivity index (χ1v) is 8.71. The monoisotopic (exact) mass is 324 g/mol.